The fourth-order valence-corrected chi connectivity index (χ4v) is 7.02. The Morgan fingerprint density at radius 3 is 2.19 bits per heavy atom. The summed E-state index contributed by atoms with van der Waals surface area (Å²) in [6, 6.07) is 9.58. The van der Waals surface area contributed by atoms with E-state index in [0.717, 1.165) is 16.8 Å². The Bertz CT molecular complexity index is 2000. The maximum Gasteiger partial charge on any atom is 0.335 e. The van der Waals surface area contributed by atoms with Crippen LogP contribution in [-0.2, 0) is 31.1 Å². The number of hydrogen-bond acceptors (Lipinski definition) is 8. The number of aromatic carboxylic acids is 1. The topological polar surface area (TPSA) is 193 Å². The summed E-state index contributed by atoms with van der Waals surface area (Å²) >= 11 is 0. The number of fused-ring (bicyclic) bond motifs is 2. The van der Waals surface area contributed by atoms with Crippen molar-refractivity contribution >= 4 is 43.3 Å². The smallest absolute Gasteiger partial charge is 0.335 e. The molecular weight excluding hydrogens is 661 g/mol. The largest absolute Gasteiger partial charge is 0.478 e. The first-order valence-corrected chi connectivity index (χ1v) is 18.3. The maximum atomic E-state index is 11.7. The van der Waals surface area contributed by atoms with Crippen molar-refractivity contribution in [1.29, 1.82) is 0 Å². The van der Waals surface area contributed by atoms with Crippen LogP contribution in [0, 0.1) is 0 Å². The zero-order chi connectivity index (χ0) is 35.8. The van der Waals surface area contributed by atoms with Crippen LogP contribution < -0.4 is 4.90 Å². The van der Waals surface area contributed by atoms with Crippen molar-refractivity contribution in [2.75, 3.05) is 29.5 Å². The molecule has 0 spiro atoms. The molecule has 0 unspecified atom stereocenters. The van der Waals surface area contributed by atoms with Gasteiger partial charge in [-0.1, -0.05) is 49.8 Å². The van der Waals surface area contributed by atoms with Gasteiger partial charge in [0.05, 0.1) is 16.7 Å². The second-order valence-corrected chi connectivity index (χ2v) is 16.0. The molecule has 12 nitrogen and oxygen atoms in total. The number of anilines is 1. The summed E-state index contributed by atoms with van der Waals surface area (Å²) in [6.07, 6.45) is 9.26. The first-order chi connectivity index (χ1) is 22.1. The zero-order valence-corrected chi connectivity index (χ0v) is 29.0. The monoisotopic (exact) mass is 701 g/mol. The molecule has 4 rings (SSSR count). The lowest BCUT2D eigenvalue weighted by Crippen LogP contribution is -2.30. The molecule has 0 aliphatic carbocycles. The summed E-state index contributed by atoms with van der Waals surface area (Å²) in [4.78, 5) is 13.4. The fourth-order valence-electron chi connectivity index (χ4n) is 6.19. The van der Waals surface area contributed by atoms with E-state index in [9.17, 15) is 46.1 Å². The Morgan fingerprint density at radius 1 is 0.917 bits per heavy atom. The van der Waals surface area contributed by atoms with Gasteiger partial charge in [0.15, 0.2) is 18.5 Å². The molecule has 2 aliphatic rings. The molecule has 2 aromatic carbocycles. The summed E-state index contributed by atoms with van der Waals surface area (Å²) in [5, 5.41) is 29.0. The Morgan fingerprint density at radius 2 is 1.58 bits per heavy atom. The van der Waals surface area contributed by atoms with E-state index in [4.69, 9.17) is 0 Å². The average molecular weight is 702 g/mol. The van der Waals surface area contributed by atoms with Crippen molar-refractivity contribution in [3.8, 4) is 0 Å². The maximum absolute atomic E-state index is 11.7. The van der Waals surface area contributed by atoms with Gasteiger partial charge in [-0.15, -0.1) is 0 Å². The van der Waals surface area contributed by atoms with Gasteiger partial charge in [-0.2, -0.15) is 21.4 Å². The van der Waals surface area contributed by atoms with Crippen LogP contribution in [0.25, 0.3) is 0 Å². The van der Waals surface area contributed by atoms with E-state index >= 15 is 0 Å². The Labute approximate surface area is 280 Å². The number of aliphatic hydroxyl groups is 2. The lowest BCUT2D eigenvalue weighted by atomic mass is 9.81. The average Bonchev–Trinajstić information content (AvgIpc) is 3.32. The van der Waals surface area contributed by atoms with Gasteiger partial charge in [-0.05, 0) is 56.7 Å². The molecule has 0 saturated heterocycles. The molecule has 2 heterocycles. The van der Waals surface area contributed by atoms with Crippen molar-refractivity contribution < 1.29 is 50.6 Å². The standard InChI is InChI=1S/C34H40N2O10S2/c1-22(8-6-10-29-33(2,3)25-20-23(31(37)38)12-14-27(25)35(29)16-18-47(41,42)43)9-7-11-30-34(4,5)26-21-24(32(39)40)13-15-28(26)36(30)17-19-48(44,45)46/h6-15,20-21,31,37-38H,16-19H2,1-5H3,(H2-,39,40,41,42,43,44,45,46)/p+1. The highest BCUT2D eigenvalue weighted by Gasteiger charge is 2.45. The number of aliphatic hydroxyl groups excluding tert-OH is 1. The number of hydrogen-bond donors (Lipinski definition) is 5. The number of rotatable bonds is 12. The predicted molar refractivity (Wildman–Crippen MR) is 183 cm³/mol. The second-order valence-electron chi connectivity index (χ2n) is 12.9. The fraction of sp³-hybridized carbons (Fsp3) is 0.353. The van der Waals surface area contributed by atoms with Crippen LogP contribution in [0.3, 0.4) is 0 Å². The van der Waals surface area contributed by atoms with Crippen molar-refractivity contribution in [3.63, 3.8) is 0 Å². The molecule has 0 saturated carbocycles. The first kappa shape index (κ1) is 36.9. The third kappa shape index (κ3) is 8.02. The van der Waals surface area contributed by atoms with Crippen molar-refractivity contribution in [1.82, 2.24) is 0 Å². The Balaban J connectivity index is 1.65. The van der Waals surface area contributed by atoms with E-state index in [1.807, 2.05) is 58.9 Å². The summed E-state index contributed by atoms with van der Waals surface area (Å²) in [7, 11) is -8.51. The van der Waals surface area contributed by atoms with E-state index in [1.54, 1.807) is 52.0 Å². The summed E-state index contributed by atoms with van der Waals surface area (Å²) < 4.78 is 67.0. The van der Waals surface area contributed by atoms with Crippen LogP contribution in [0.1, 0.15) is 68.0 Å². The quantitative estimate of drug-likeness (QED) is 0.0919. The van der Waals surface area contributed by atoms with Gasteiger partial charge in [0.1, 0.15) is 5.75 Å². The molecule has 0 bridgehead atoms. The number of carbonyl (C=O) groups is 1. The number of carboxylic acid groups (broad SMARTS) is 1. The van der Waals surface area contributed by atoms with Crippen LogP contribution in [0.15, 0.2) is 84.1 Å². The molecular formula is C34H41N2O10S2+. The number of allylic oxidation sites excluding steroid dienone is 8. The normalized spacial score (nSPS) is 18.5. The highest BCUT2D eigenvalue weighted by molar-refractivity contribution is 7.86. The van der Waals surface area contributed by atoms with E-state index in [0.29, 0.717) is 28.2 Å². The molecule has 5 N–H and O–H groups in total. The minimum absolute atomic E-state index is 0.0215. The lowest BCUT2D eigenvalue weighted by Gasteiger charge is -2.26. The molecule has 0 radical (unpaired) electrons. The van der Waals surface area contributed by atoms with Gasteiger partial charge in [-0.3, -0.25) is 9.11 Å². The Hall–Kier alpha value is -3.92. The van der Waals surface area contributed by atoms with Gasteiger partial charge in [-0.25, -0.2) is 4.79 Å². The molecule has 0 aromatic heterocycles. The van der Waals surface area contributed by atoms with Crippen LogP contribution >= 0.6 is 0 Å². The van der Waals surface area contributed by atoms with Crippen LogP contribution in [0.5, 0.6) is 0 Å². The molecule has 48 heavy (non-hydrogen) atoms. The molecule has 2 aromatic rings. The molecule has 258 valence electrons. The molecule has 14 heteroatoms. The molecule has 0 fully saturated rings. The highest BCUT2D eigenvalue weighted by atomic mass is 32.2. The van der Waals surface area contributed by atoms with Crippen molar-refractivity contribution in [3.05, 3.63) is 106 Å². The van der Waals surface area contributed by atoms with Crippen LogP contribution in [0.4, 0.5) is 11.4 Å². The summed E-state index contributed by atoms with van der Waals surface area (Å²) in [5.41, 5.74) is 4.18. The summed E-state index contributed by atoms with van der Waals surface area (Å²) in [5.74, 6) is -2.10. The minimum Gasteiger partial charge on any atom is -0.478 e. The van der Waals surface area contributed by atoms with Gasteiger partial charge >= 0.3 is 5.97 Å². The van der Waals surface area contributed by atoms with E-state index in [1.165, 1.54) is 6.07 Å². The molecule has 2 aliphatic heterocycles. The van der Waals surface area contributed by atoms with Gasteiger partial charge in [0.2, 0.25) is 5.69 Å². The number of carboxylic acids is 1. The zero-order valence-electron chi connectivity index (χ0n) is 27.3. The second kappa shape index (κ2) is 13.5. The van der Waals surface area contributed by atoms with Crippen LogP contribution in [-0.4, -0.2) is 82.1 Å². The number of benzene rings is 2. The Kier molecular flexibility index (Phi) is 10.4. The first-order valence-electron chi connectivity index (χ1n) is 15.1. The predicted octanol–water partition coefficient (Wildman–Crippen LogP) is 4.26. The highest BCUT2D eigenvalue weighted by Crippen LogP contribution is 2.48. The van der Waals surface area contributed by atoms with E-state index in [-0.39, 0.29) is 18.7 Å². The van der Waals surface area contributed by atoms with E-state index in [2.05, 4.69) is 0 Å². The SMILES string of the molecule is CC(C=CC=C1N(CCS(=O)(=O)O)c2ccc(C(O)O)cc2C1(C)C)=CC=CC1=[N+](CCS(=O)(=O)O)c2ccc(C(=O)O)cc2C1(C)C. The minimum atomic E-state index is -4.26. The van der Waals surface area contributed by atoms with Crippen molar-refractivity contribution in [2.24, 2.45) is 0 Å². The van der Waals surface area contributed by atoms with Crippen molar-refractivity contribution in [2.45, 2.75) is 51.7 Å². The third-order valence-corrected chi connectivity index (χ3v) is 10.1. The van der Waals surface area contributed by atoms with Gasteiger partial charge in [0, 0.05) is 46.6 Å². The summed E-state index contributed by atoms with van der Waals surface area (Å²) in [6.45, 7) is 9.49. The molecule has 0 atom stereocenters. The van der Waals surface area contributed by atoms with Crippen LogP contribution in [0.2, 0.25) is 0 Å². The van der Waals surface area contributed by atoms with Gasteiger partial charge in [0.25, 0.3) is 20.2 Å². The number of nitrogens with zero attached hydrogens (tertiary/aromatic N) is 2. The lowest BCUT2D eigenvalue weighted by molar-refractivity contribution is -0.432. The molecule has 0 amide bonds. The van der Waals surface area contributed by atoms with Gasteiger partial charge < -0.3 is 20.2 Å². The third-order valence-electron chi connectivity index (χ3n) is 8.72. The van der Waals surface area contributed by atoms with E-state index < -0.39 is 54.8 Å².